The number of nitrogens with two attached hydrogens (primary N) is 1. The maximum atomic E-state index is 12.5. The predicted molar refractivity (Wildman–Crippen MR) is 86.7 cm³/mol. The number of hydrogen-bond donors (Lipinski definition) is 2. The number of benzene rings is 2. The fourth-order valence-electron chi connectivity index (χ4n) is 2.65. The molecule has 2 aromatic rings. The molecule has 0 aliphatic carbocycles. The van der Waals surface area contributed by atoms with Crippen LogP contribution in [0, 0.1) is 11.3 Å². The molecule has 1 heterocycles. The molecule has 22 heavy (non-hydrogen) atoms. The molecule has 3 rings (SSSR count). The lowest BCUT2D eigenvalue weighted by atomic mass is 10.0. The molecule has 0 bridgehead atoms. The van der Waals surface area contributed by atoms with Crippen LogP contribution in [0.15, 0.2) is 42.5 Å². The molecule has 110 valence electrons. The predicted octanol–water partition coefficient (Wildman–Crippen LogP) is 3.13. The molecular formula is C17H16N4O. The summed E-state index contributed by atoms with van der Waals surface area (Å²) in [5.74, 6) is 0. The molecule has 0 saturated carbocycles. The SMILES string of the molecule is N#Cc1ccc(NC(=O)N2CCCc3cc(N)ccc32)cc1. The number of rotatable bonds is 1. The Labute approximate surface area is 129 Å². The van der Waals surface area contributed by atoms with E-state index in [-0.39, 0.29) is 6.03 Å². The summed E-state index contributed by atoms with van der Waals surface area (Å²) in [5, 5.41) is 11.7. The second-order valence-corrected chi connectivity index (χ2v) is 5.26. The van der Waals surface area contributed by atoms with Crippen LogP contribution in [0.1, 0.15) is 17.5 Å². The Bertz CT molecular complexity index is 746. The van der Waals surface area contributed by atoms with Gasteiger partial charge in [0.05, 0.1) is 11.6 Å². The number of anilines is 3. The summed E-state index contributed by atoms with van der Waals surface area (Å²) in [6.07, 6.45) is 1.85. The number of nitriles is 1. The van der Waals surface area contributed by atoms with Crippen molar-refractivity contribution in [1.29, 1.82) is 5.26 Å². The first-order valence-electron chi connectivity index (χ1n) is 7.14. The van der Waals surface area contributed by atoms with E-state index < -0.39 is 0 Å². The van der Waals surface area contributed by atoms with Crippen LogP contribution >= 0.6 is 0 Å². The van der Waals surface area contributed by atoms with Crippen LogP contribution in [-0.4, -0.2) is 12.6 Å². The maximum absolute atomic E-state index is 12.5. The molecule has 1 aliphatic heterocycles. The zero-order chi connectivity index (χ0) is 15.5. The summed E-state index contributed by atoms with van der Waals surface area (Å²) in [6.45, 7) is 0.680. The Morgan fingerprint density at radius 1 is 1.23 bits per heavy atom. The zero-order valence-corrected chi connectivity index (χ0v) is 12.0. The van der Waals surface area contributed by atoms with Gasteiger partial charge in [-0.3, -0.25) is 4.90 Å². The van der Waals surface area contributed by atoms with E-state index in [1.165, 1.54) is 0 Å². The van der Waals surface area contributed by atoms with Crippen molar-refractivity contribution in [2.45, 2.75) is 12.8 Å². The number of nitrogens with one attached hydrogen (secondary N) is 1. The molecule has 0 fully saturated rings. The van der Waals surface area contributed by atoms with E-state index in [9.17, 15) is 4.79 Å². The number of carbonyl (C=O) groups is 1. The van der Waals surface area contributed by atoms with Gasteiger partial charge in [0.25, 0.3) is 0 Å². The van der Waals surface area contributed by atoms with Crippen molar-refractivity contribution in [3.8, 4) is 6.07 Å². The summed E-state index contributed by atoms with van der Waals surface area (Å²) in [7, 11) is 0. The van der Waals surface area contributed by atoms with E-state index in [0.29, 0.717) is 23.5 Å². The molecule has 5 nitrogen and oxygen atoms in total. The van der Waals surface area contributed by atoms with Crippen molar-refractivity contribution < 1.29 is 4.79 Å². The minimum atomic E-state index is -0.171. The van der Waals surface area contributed by atoms with Crippen LogP contribution in [0.5, 0.6) is 0 Å². The standard InChI is InChI=1S/C17H16N4O/c18-11-12-3-6-15(7-4-12)20-17(22)21-9-1-2-13-10-14(19)5-8-16(13)21/h3-8,10H,1-2,9,19H2,(H,20,22). The van der Waals surface area contributed by atoms with E-state index in [1.54, 1.807) is 29.2 Å². The van der Waals surface area contributed by atoms with Crippen molar-refractivity contribution in [2.75, 3.05) is 22.5 Å². The van der Waals surface area contributed by atoms with Crippen molar-refractivity contribution in [2.24, 2.45) is 0 Å². The normalized spacial score (nSPS) is 13.1. The van der Waals surface area contributed by atoms with Crippen molar-refractivity contribution in [3.05, 3.63) is 53.6 Å². The molecule has 2 aromatic carbocycles. The average Bonchev–Trinajstić information content (AvgIpc) is 2.54. The van der Waals surface area contributed by atoms with Gasteiger partial charge in [0.15, 0.2) is 0 Å². The van der Waals surface area contributed by atoms with Gasteiger partial charge >= 0.3 is 6.03 Å². The molecule has 3 N–H and O–H groups in total. The first-order valence-corrected chi connectivity index (χ1v) is 7.14. The topological polar surface area (TPSA) is 82.2 Å². The first kappa shape index (κ1) is 14.0. The lowest BCUT2D eigenvalue weighted by Gasteiger charge is -2.29. The number of urea groups is 1. The van der Waals surface area contributed by atoms with Crippen LogP contribution in [-0.2, 0) is 6.42 Å². The van der Waals surface area contributed by atoms with Gasteiger partial charge in [0.1, 0.15) is 0 Å². The maximum Gasteiger partial charge on any atom is 0.326 e. The third-order valence-corrected chi connectivity index (χ3v) is 3.73. The second kappa shape index (κ2) is 5.78. The molecule has 1 aliphatic rings. The van der Waals surface area contributed by atoms with Gasteiger partial charge in [-0.05, 0) is 60.9 Å². The number of carbonyl (C=O) groups excluding carboxylic acids is 1. The van der Waals surface area contributed by atoms with E-state index >= 15 is 0 Å². The highest BCUT2D eigenvalue weighted by Crippen LogP contribution is 2.29. The monoisotopic (exact) mass is 292 g/mol. The minimum absolute atomic E-state index is 0.171. The lowest BCUT2D eigenvalue weighted by molar-refractivity contribution is 0.256. The Morgan fingerprint density at radius 2 is 2.00 bits per heavy atom. The second-order valence-electron chi connectivity index (χ2n) is 5.26. The Kier molecular flexibility index (Phi) is 3.67. The van der Waals surface area contributed by atoms with Gasteiger partial charge in [0, 0.05) is 23.6 Å². The highest BCUT2D eigenvalue weighted by molar-refractivity contribution is 6.02. The highest BCUT2D eigenvalue weighted by Gasteiger charge is 2.22. The van der Waals surface area contributed by atoms with Gasteiger partial charge in [0.2, 0.25) is 0 Å². The molecule has 0 unspecified atom stereocenters. The molecule has 0 radical (unpaired) electrons. The highest BCUT2D eigenvalue weighted by atomic mass is 16.2. The molecule has 5 heteroatoms. The summed E-state index contributed by atoms with van der Waals surface area (Å²) in [4.78, 5) is 14.2. The van der Waals surface area contributed by atoms with Gasteiger partial charge in [-0.2, -0.15) is 5.26 Å². The van der Waals surface area contributed by atoms with E-state index in [4.69, 9.17) is 11.0 Å². The number of nitrogens with zero attached hydrogens (tertiary/aromatic N) is 2. The first-order chi connectivity index (χ1) is 10.7. The molecule has 0 spiro atoms. The molecule has 0 aromatic heterocycles. The largest absolute Gasteiger partial charge is 0.399 e. The summed E-state index contributed by atoms with van der Waals surface area (Å²) >= 11 is 0. The minimum Gasteiger partial charge on any atom is -0.399 e. The van der Waals surface area contributed by atoms with Gasteiger partial charge in [-0.15, -0.1) is 0 Å². The van der Waals surface area contributed by atoms with Gasteiger partial charge in [-0.1, -0.05) is 0 Å². The third-order valence-electron chi connectivity index (χ3n) is 3.73. The number of fused-ring (bicyclic) bond motifs is 1. The quantitative estimate of drug-likeness (QED) is 0.792. The van der Waals surface area contributed by atoms with E-state index in [2.05, 4.69) is 11.4 Å². The van der Waals surface area contributed by atoms with Crippen molar-refractivity contribution in [1.82, 2.24) is 0 Å². The summed E-state index contributed by atoms with van der Waals surface area (Å²) in [5.41, 5.74) is 9.77. The fourth-order valence-corrected chi connectivity index (χ4v) is 2.65. The lowest BCUT2D eigenvalue weighted by Crippen LogP contribution is -2.38. The van der Waals surface area contributed by atoms with Crippen LogP contribution in [0.4, 0.5) is 21.9 Å². The number of hydrogen-bond acceptors (Lipinski definition) is 3. The van der Waals surface area contributed by atoms with Crippen LogP contribution in [0.3, 0.4) is 0 Å². The molecule has 2 amide bonds. The Hall–Kier alpha value is -3.00. The summed E-state index contributed by atoms with van der Waals surface area (Å²) in [6, 6.07) is 14.3. The van der Waals surface area contributed by atoms with Crippen molar-refractivity contribution >= 4 is 23.1 Å². The van der Waals surface area contributed by atoms with E-state index in [1.807, 2.05) is 18.2 Å². The molecular weight excluding hydrogens is 276 g/mol. The molecule has 0 saturated heterocycles. The fraction of sp³-hybridized carbons (Fsp3) is 0.176. The van der Waals surface area contributed by atoms with Crippen molar-refractivity contribution in [3.63, 3.8) is 0 Å². The summed E-state index contributed by atoms with van der Waals surface area (Å²) < 4.78 is 0. The number of aryl methyl sites for hydroxylation is 1. The number of nitrogen functional groups attached to an aromatic ring is 1. The number of amides is 2. The average molecular weight is 292 g/mol. The third kappa shape index (κ3) is 2.72. The Balaban J connectivity index is 1.80. The zero-order valence-electron chi connectivity index (χ0n) is 12.0. The molecule has 0 atom stereocenters. The van der Waals surface area contributed by atoms with Gasteiger partial charge in [-0.25, -0.2) is 4.79 Å². The van der Waals surface area contributed by atoms with E-state index in [0.717, 1.165) is 24.1 Å². The van der Waals surface area contributed by atoms with Gasteiger partial charge < -0.3 is 11.1 Å². The van der Waals surface area contributed by atoms with Crippen LogP contribution in [0.25, 0.3) is 0 Å². The Morgan fingerprint density at radius 3 is 2.73 bits per heavy atom. The van der Waals surface area contributed by atoms with Crippen LogP contribution < -0.4 is 16.0 Å². The smallest absolute Gasteiger partial charge is 0.326 e. The van der Waals surface area contributed by atoms with Crippen LogP contribution in [0.2, 0.25) is 0 Å².